The molecule has 3 rings (SSSR count). The number of nitriles is 1. The van der Waals surface area contributed by atoms with Crippen LogP contribution in [0.1, 0.15) is 29.4 Å². The summed E-state index contributed by atoms with van der Waals surface area (Å²) in [6.45, 7) is 8.02. The van der Waals surface area contributed by atoms with Gasteiger partial charge in [0.15, 0.2) is 0 Å². The Balaban J connectivity index is 1.90. The molecule has 0 saturated carbocycles. The minimum Gasteiger partial charge on any atom is -0.494 e. The zero-order chi connectivity index (χ0) is 24.1. The number of nitrogens with one attached hydrogen (secondary N) is 1. The first-order valence-corrected chi connectivity index (χ1v) is 10.4. The number of non-ortho nitro benzene ring substituents is 1. The molecule has 33 heavy (non-hydrogen) atoms. The summed E-state index contributed by atoms with van der Waals surface area (Å²) < 4.78 is 7.34. The maximum atomic E-state index is 12.7. The van der Waals surface area contributed by atoms with Crippen molar-refractivity contribution in [3.05, 3.63) is 86.7 Å². The second-order valence-corrected chi connectivity index (χ2v) is 7.47. The summed E-state index contributed by atoms with van der Waals surface area (Å²) in [6.07, 6.45) is 1.55. The van der Waals surface area contributed by atoms with E-state index in [1.54, 1.807) is 36.4 Å². The van der Waals surface area contributed by atoms with Gasteiger partial charge in [0.1, 0.15) is 17.4 Å². The number of anilines is 1. The Morgan fingerprint density at radius 2 is 1.88 bits per heavy atom. The van der Waals surface area contributed by atoms with E-state index in [9.17, 15) is 20.2 Å². The molecule has 0 spiro atoms. The van der Waals surface area contributed by atoms with E-state index in [0.717, 1.165) is 22.6 Å². The highest BCUT2D eigenvalue weighted by Gasteiger charge is 2.16. The molecule has 1 N–H and O–H groups in total. The van der Waals surface area contributed by atoms with Crippen LogP contribution < -0.4 is 10.1 Å². The van der Waals surface area contributed by atoms with E-state index < -0.39 is 10.8 Å². The maximum Gasteiger partial charge on any atom is 0.269 e. The molecule has 0 bridgehead atoms. The quantitative estimate of drug-likeness (QED) is 0.231. The first kappa shape index (κ1) is 23.3. The zero-order valence-corrected chi connectivity index (χ0v) is 18.9. The summed E-state index contributed by atoms with van der Waals surface area (Å²) in [7, 11) is 0. The Kier molecular flexibility index (Phi) is 6.94. The van der Waals surface area contributed by atoms with Crippen molar-refractivity contribution in [3.63, 3.8) is 0 Å². The van der Waals surface area contributed by atoms with Crippen LogP contribution in [0.2, 0.25) is 0 Å². The lowest BCUT2D eigenvalue weighted by atomic mass is 10.1. The molecule has 0 unspecified atom stereocenters. The van der Waals surface area contributed by atoms with Crippen LogP contribution in [0.25, 0.3) is 11.8 Å². The van der Waals surface area contributed by atoms with Crippen molar-refractivity contribution in [2.75, 3.05) is 11.9 Å². The third-order valence-corrected chi connectivity index (χ3v) is 5.19. The van der Waals surface area contributed by atoms with Crippen molar-refractivity contribution in [3.8, 4) is 17.5 Å². The monoisotopic (exact) mass is 444 g/mol. The summed E-state index contributed by atoms with van der Waals surface area (Å²) in [4.78, 5) is 23.3. The van der Waals surface area contributed by atoms with Gasteiger partial charge in [-0.25, -0.2) is 0 Å². The molecule has 0 atom stereocenters. The third-order valence-electron chi connectivity index (χ3n) is 5.19. The van der Waals surface area contributed by atoms with Gasteiger partial charge in [0.2, 0.25) is 0 Å². The Morgan fingerprint density at radius 3 is 2.45 bits per heavy atom. The average Bonchev–Trinajstić information content (AvgIpc) is 3.06. The summed E-state index contributed by atoms with van der Waals surface area (Å²) in [5.41, 5.74) is 4.48. The van der Waals surface area contributed by atoms with Crippen molar-refractivity contribution in [1.82, 2.24) is 4.57 Å². The van der Waals surface area contributed by atoms with Gasteiger partial charge in [-0.3, -0.25) is 14.9 Å². The van der Waals surface area contributed by atoms with Crippen molar-refractivity contribution < 1.29 is 14.5 Å². The number of rotatable bonds is 7. The smallest absolute Gasteiger partial charge is 0.269 e. The van der Waals surface area contributed by atoms with Crippen molar-refractivity contribution >= 4 is 23.4 Å². The number of ether oxygens (including phenoxy) is 1. The average molecular weight is 444 g/mol. The standard InChI is InChI=1S/C25H24N4O4/c1-5-33-23-9-6-21(7-10-23)27-25(30)20(15-26)14-19-13-17(3)28(18(19)4)24-11-8-22(29(31)32)12-16(24)2/h6-14H,5H2,1-4H3,(H,27,30). The van der Waals surface area contributed by atoms with Crippen LogP contribution >= 0.6 is 0 Å². The second-order valence-electron chi connectivity index (χ2n) is 7.47. The number of nitro groups is 1. The van der Waals surface area contributed by atoms with Gasteiger partial charge in [-0.05, 0) is 81.3 Å². The van der Waals surface area contributed by atoms with Crippen molar-refractivity contribution in [1.29, 1.82) is 5.26 Å². The molecular formula is C25H24N4O4. The van der Waals surface area contributed by atoms with Gasteiger partial charge in [-0.1, -0.05) is 0 Å². The molecular weight excluding hydrogens is 420 g/mol. The Labute approximate surface area is 191 Å². The number of amides is 1. The van der Waals surface area contributed by atoms with E-state index in [4.69, 9.17) is 4.74 Å². The maximum absolute atomic E-state index is 12.7. The third kappa shape index (κ3) is 5.10. The van der Waals surface area contributed by atoms with Crippen molar-refractivity contribution in [2.45, 2.75) is 27.7 Å². The van der Waals surface area contributed by atoms with Crippen LogP contribution in [0.5, 0.6) is 5.75 Å². The van der Waals surface area contributed by atoms with Gasteiger partial charge >= 0.3 is 0 Å². The molecule has 1 amide bonds. The number of carbonyl (C=O) groups is 1. The molecule has 0 aliphatic carbocycles. The van der Waals surface area contributed by atoms with Crippen molar-refractivity contribution in [2.24, 2.45) is 0 Å². The number of benzene rings is 2. The number of aryl methyl sites for hydroxylation is 2. The molecule has 1 heterocycles. The van der Waals surface area contributed by atoms with Gasteiger partial charge < -0.3 is 14.6 Å². The lowest BCUT2D eigenvalue weighted by Gasteiger charge is -2.12. The first-order valence-electron chi connectivity index (χ1n) is 10.4. The van der Waals surface area contributed by atoms with Gasteiger partial charge in [0.25, 0.3) is 11.6 Å². The van der Waals surface area contributed by atoms with E-state index in [1.807, 2.05) is 44.4 Å². The molecule has 3 aromatic rings. The molecule has 0 fully saturated rings. The number of hydrogen-bond acceptors (Lipinski definition) is 5. The largest absolute Gasteiger partial charge is 0.494 e. The van der Waals surface area contributed by atoms with E-state index >= 15 is 0 Å². The number of aromatic nitrogens is 1. The van der Waals surface area contributed by atoms with Gasteiger partial charge in [0, 0.05) is 34.9 Å². The van der Waals surface area contributed by atoms with Crippen LogP contribution in [-0.2, 0) is 4.79 Å². The van der Waals surface area contributed by atoms with E-state index in [2.05, 4.69) is 5.32 Å². The lowest BCUT2D eigenvalue weighted by Crippen LogP contribution is -2.13. The fourth-order valence-corrected chi connectivity index (χ4v) is 3.61. The van der Waals surface area contributed by atoms with E-state index in [-0.39, 0.29) is 11.3 Å². The Bertz CT molecular complexity index is 1280. The molecule has 1 aromatic heterocycles. The van der Waals surface area contributed by atoms with E-state index in [0.29, 0.717) is 23.6 Å². The molecule has 168 valence electrons. The fraction of sp³-hybridized carbons (Fsp3) is 0.200. The number of nitrogens with zero attached hydrogens (tertiary/aromatic N) is 3. The summed E-state index contributed by atoms with van der Waals surface area (Å²) in [5.74, 6) is 0.179. The van der Waals surface area contributed by atoms with Crippen LogP contribution in [0, 0.1) is 42.2 Å². The highest BCUT2D eigenvalue weighted by molar-refractivity contribution is 6.09. The predicted molar refractivity (Wildman–Crippen MR) is 126 cm³/mol. The number of nitro benzene ring substituents is 1. The molecule has 2 aromatic carbocycles. The molecule has 8 nitrogen and oxygen atoms in total. The van der Waals surface area contributed by atoms with Gasteiger partial charge in [0.05, 0.1) is 11.5 Å². The van der Waals surface area contributed by atoms with Crippen LogP contribution in [0.4, 0.5) is 11.4 Å². The minimum atomic E-state index is -0.516. The van der Waals surface area contributed by atoms with Gasteiger partial charge in [-0.2, -0.15) is 5.26 Å². The first-order chi connectivity index (χ1) is 15.7. The summed E-state index contributed by atoms with van der Waals surface area (Å²) >= 11 is 0. The van der Waals surface area contributed by atoms with Crippen LogP contribution in [0.3, 0.4) is 0 Å². The van der Waals surface area contributed by atoms with Gasteiger partial charge in [-0.15, -0.1) is 0 Å². The predicted octanol–water partition coefficient (Wildman–Crippen LogP) is 5.26. The molecule has 8 heteroatoms. The Hall–Kier alpha value is -4.38. The van der Waals surface area contributed by atoms with Crippen LogP contribution in [-0.4, -0.2) is 22.0 Å². The lowest BCUT2D eigenvalue weighted by molar-refractivity contribution is -0.384. The van der Waals surface area contributed by atoms with Crippen LogP contribution in [0.15, 0.2) is 54.1 Å². The molecule has 0 radical (unpaired) electrons. The zero-order valence-electron chi connectivity index (χ0n) is 18.9. The van der Waals surface area contributed by atoms with E-state index in [1.165, 1.54) is 12.1 Å². The highest BCUT2D eigenvalue weighted by atomic mass is 16.6. The number of hydrogen-bond donors (Lipinski definition) is 1. The molecule has 0 aliphatic heterocycles. The normalized spacial score (nSPS) is 11.1. The summed E-state index contributed by atoms with van der Waals surface area (Å²) in [5, 5.41) is 23.4. The molecule has 0 saturated heterocycles. The second kappa shape index (κ2) is 9.83. The fourth-order valence-electron chi connectivity index (χ4n) is 3.61. The minimum absolute atomic E-state index is 0.0246. The SMILES string of the molecule is CCOc1ccc(NC(=O)C(C#N)=Cc2cc(C)n(-c3ccc([N+](=O)[O-])cc3C)c2C)cc1. The number of carbonyl (C=O) groups excluding carboxylic acids is 1. The highest BCUT2D eigenvalue weighted by Crippen LogP contribution is 2.27. The summed E-state index contributed by atoms with van der Waals surface area (Å²) in [6, 6.07) is 15.4. The Morgan fingerprint density at radius 1 is 1.18 bits per heavy atom. The molecule has 0 aliphatic rings. The topological polar surface area (TPSA) is 110 Å².